The van der Waals surface area contributed by atoms with E-state index in [0.29, 0.717) is 5.69 Å². The molecule has 1 aromatic carbocycles. The number of carboxylic acid groups (broad SMARTS) is 1. The Kier molecular flexibility index (Phi) is 4.29. The van der Waals surface area contributed by atoms with Crippen LogP contribution in [-0.2, 0) is 4.79 Å². The fourth-order valence-corrected chi connectivity index (χ4v) is 2.52. The van der Waals surface area contributed by atoms with Gasteiger partial charge in [-0.15, -0.1) is 0 Å². The molecule has 0 spiro atoms. The molecule has 3 N–H and O–H groups in total. The molecule has 2 atom stereocenters. The number of aliphatic carboxylic acids is 1. The number of carbonyl (C=O) groups is 2. The highest BCUT2D eigenvalue weighted by molar-refractivity contribution is 9.10. The summed E-state index contributed by atoms with van der Waals surface area (Å²) in [5, 5.41) is 21.2. The van der Waals surface area contributed by atoms with Crippen molar-refractivity contribution in [2.24, 2.45) is 0 Å². The van der Waals surface area contributed by atoms with Crippen LogP contribution >= 0.6 is 15.9 Å². The number of amides is 2. The number of aryl methyl sites for hydroxylation is 1. The maximum atomic E-state index is 12.1. The van der Waals surface area contributed by atoms with Gasteiger partial charge in [0.15, 0.2) is 0 Å². The molecular formula is C13H15BrN2O4. The van der Waals surface area contributed by atoms with Crippen molar-refractivity contribution >= 4 is 33.6 Å². The normalized spacial score (nSPS) is 21.9. The number of carbonyl (C=O) groups excluding carboxylic acids is 1. The van der Waals surface area contributed by atoms with Gasteiger partial charge in [0, 0.05) is 23.1 Å². The van der Waals surface area contributed by atoms with Crippen molar-refractivity contribution in [3.05, 3.63) is 28.2 Å². The summed E-state index contributed by atoms with van der Waals surface area (Å²) in [6.45, 7) is 1.95. The predicted octanol–water partition coefficient (Wildman–Crippen LogP) is 1.81. The number of halogens is 1. The van der Waals surface area contributed by atoms with Crippen molar-refractivity contribution in [2.75, 3.05) is 11.9 Å². The summed E-state index contributed by atoms with van der Waals surface area (Å²) in [5.74, 6) is -1.11. The van der Waals surface area contributed by atoms with E-state index in [4.69, 9.17) is 5.11 Å². The van der Waals surface area contributed by atoms with Crippen LogP contribution in [0.25, 0.3) is 0 Å². The van der Waals surface area contributed by atoms with E-state index in [1.54, 1.807) is 12.1 Å². The summed E-state index contributed by atoms with van der Waals surface area (Å²) in [5.41, 5.74) is 1.60. The van der Waals surface area contributed by atoms with Gasteiger partial charge in [-0.2, -0.15) is 0 Å². The zero-order chi connectivity index (χ0) is 14.9. The van der Waals surface area contributed by atoms with E-state index in [1.807, 2.05) is 13.0 Å². The average Bonchev–Trinajstić information content (AvgIpc) is 2.76. The van der Waals surface area contributed by atoms with Crippen LogP contribution in [0.4, 0.5) is 10.5 Å². The first kappa shape index (κ1) is 14.8. The Balaban J connectivity index is 2.11. The number of likely N-dealkylation sites (tertiary alicyclic amines) is 1. The fourth-order valence-electron chi connectivity index (χ4n) is 2.14. The number of anilines is 1. The second-order valence-corrected chi connectivity index (χ2v) is 5.64. The number of aliphatic hydroxyl groups is 1. The quantitative estimate of drug-likeness (QED) is 0.764. The Hall–Kier alpha value is -1.60. The highest BCUT2D eigenvalue weighted by Gasteiger charge is 2.38. The maximum Gasteiger partial charge on any atom is 0.326 e. The van der Waals surface area contributed by atoms with E-state index in [1.165, 1.54) is 0 Å². The Morgan fingerprint density at radius 2 is 2.15 bits per heavy atom. The number of benzene rings is 1. The molecule has 0 aliphatic carbocycles. The standard InChI is InChI=1S/C13H15BrN2O4/c1-7-2-3-8(4-10(7)14)15-13(20)16-6-9(17)5-11(16)12(18)19/h2-4,9,11,17H,5-6H2,1H3,(H,15,20)(H,18,19). The lowest BCUT2D eigenvalue weighted by Crippen LogP contribution is -2.43. The molecule has 1 fully saturated rings. The zero-order valence-corrected chi connectivity index (χ0v) is 12.4. The molecule has 6 nitrogen and oxygen atoms in total. The van der Waals surface area contributed by atoms with E-state index in [9.17, 15) is 14.7 Å². The zero-order valence-electron chi connectivity index (χ0n) is 10.8. The van der Waals surface area contributed by atoms with Gasteiger partial charge < -0.3 is 20.4 Å². The lowest BCUT2D eigenvalue weighted by Gasteiger charge is -2.21. The van der Waals surface area contributed by atoms with Gasteiger partial charge >= 0.3 is 12.0 Å². The lowest BCUT2D eigenvalue weighted by atomic mass is 10.2. The Morgan fingerprint density at radius 3 is 2.75 bits per heavy atom. The van der Waals surface area contributed by atoms with E-state index >= 15 is 0 Å². The fraction of sp³-hybridized carbons (Fsp3) is 0.385. The first-order chi connectivity index (χ1) is 9.38. The minimum atomic E-state index is -1.11. The third-order valence-corrected chi connectivity index (χ3v) is 4.10. The van der Waals surface area contributed by atoms with Gasteiger partial charge in [-0.3, -0.25) is 0 Å². The van der Waals surface area contributed by atoms with E-state index < -0.39 is 24.1 Å². The van der Waals surface area contributed by atoms with Gasteiger partial charge in [-0.1, -0.05) is 22.0 Å². The van der Waals surface area contributed by atoms with Crippen LogP contribution in [0.3, 0.4) is 0 Å². The van der Waals surface area contributed by atoms with E-state index in [2.05, 4.69) is 21.2 Å². The van der Waals surface area contributed by atoms with Gasteiger partial charge in [0.25, 0.3) is 0 Å². The minimum Gasteiger partial charge on any atom is -0.480 e. The number of carboxylic acids is 1. The largest absolute Gasteiger partial charge is 0.480 e. The number of urea groups is 1. The molecular weight excluding hydrogens is 328 g/mol. The van der Waals surface area contributed by atoms with Gasteiger partial charge in [-0.05, 0) is 24.6 Å². The first-order valence-electron chi connectivity index (χ1n) is 6.13. The molecule has 2 amide bonds. The number of rotatable bonds is 2. The molecule has 2 rings (SSSR count). The highest BCUT2D eigenvalue weighted by Crippen LogP contribution is 2.23. The molecule has 1 saturated heterocycles. The van der Waals surface area contributed by atoms with Crippen LogP contribution < -0.4 is 5.32 Å². The van der Waals surface area contributed by atoms with Crippen molar-refractivity contribution in [1.82, 2.24) is 4.90 Å². The third-order valence-electron chi connectivity index (χ3n) is 3.25. The van der Waals surface area contributed by atoms with Gasteiger partial charge in [0.05, 0.1) is 6.10 Å². The summed E-state index contributed by atoms with van der Waals surface area (Å²) >= 11 is 3.37. The maximum absolute atomic E-state index is 12.1. The Morgan fingerprint density at radius 1 is 1.45 bits per heavy atom. The number of β-amino-alcohol motifs (C(OH)–C–C–N with tert-alkyl or cyclic N) is 1. The van der Waals surface area contributed by atoms with Crippen molar-refractivity contribution < 1.29 is 19.8 Å². The molecule has 7 heteroatoms. The molecule has 1 heterocycles. The lowest BCUT2D eigenvalue weighted by molar-refractivity contribution is -0.141. The van der Waals surface area contributed by atoms with Crippen LogP contribution in [0.2, 0.25) is 0 Å². The first-order valence-corrected chi connectivity index (χ1v) is 6.92. The number of aliphatic hydroxyl groups excluding tert-OH is 1. The van der Waals surface area contributed by atoms with Crippen molar-refractivity contribution in [1.29, 1.82) is 0 Å². The molecule has 0 bridgehead atoms. The van der Waals surface area contributed by atoms with Crippen LogP contribution in [0.15, 0.2) is 22.7 Å². The molecule has 0 radical (unpaired) electrons. The van der Waals surface area contributed by atoms with E-state index in [0.717, 1.165) is 14.9 Å². The highest BCUT2D eigenvalue weighted by atomic mass is 79.9. The van der Waals surface area contributed by atoms with Crippen LogP contribution in [0.5, 0.6) is 0 Å². The molecule has 2 unspecified atom stereocenters. The Bertz CT molecular complexity index is 549. The minimum absolute atomic E-state index is 0.0236. The second kappa shape index (κ2) is 5.80. The molecule has 1 aliphatic rings. The second-order valence-electron chi connectivity index (χ2n) is 4.79. The topological polar surface area (TPSA) is 89.9 Å². The summed E-state index contributed by atoms with van der Waals surface area (Å²) in [6, 6.07) is 3.81. The number of nitrogens with zero attached hydrogens (tertiary/aromatic N) is 1. The molecule has 0 aromatic heterocycles. The van der Waals surface area contributed by atoms with Gasteiger partial charge in [-0.25, -0.2) is 9.59 Å². The summed E-state index contributed by atoms with van der Waals surface area (Å²) in [4.78, 5) is 24.3. The van der Waals surface area contributed by atoms with Crippen LogP contribution in [0, 0.1) is 6.92 Å². The molecule has 1 aliphatic heterocycles. The van der Waals surface area contributed by atoms with E-state index in [-0.39, 0.29) is 13.0 Å². The number of hydrogen-bond acceptors (Lipinski definition) is 3. The van der Waals surface area contributed by atoms with Crippen molar-refractivity contribution in [3.8, 4) is 0 Å². The Labute approximate surface area is 124 Å². The van der Waals surface area contributed by atoms with Crippen molar-refractivity contribution in [3.63, 3.8) is 0 Å². The molecule has 20 heavy (non-hydrogen) atoms. The van der Waals surface area contributed by atoms with Crippen LogP contribution in [-0.4, -0.2) is 45.8 Å². The summed E-state index contributed by atoms with van der Waals surface area (Å²) in [6.07, 6.45) is -0.744. The molecule has 1 aromatic rings. The predicted molar refractivity (Wildman–Crippen MR) is 76.7 cm³/mol. The molecule has 108 valence electrons. The monoisotopic (exact) mass is 342 g/mol. The van der Waals surface area contributed by atoms with Gasteiger partial charge in [0.1, 0.15) is 6.04 Å². The smallest absolute Gasteiger partial charge is 0.326 e. The van der Waals surface area contributed by atoms with Gasteiger partial charge in [0.2, 0.25) is 0 Å². The van der Waals surface area contributed by atoms with Crippen LogP contribution in [0.1, 0.15) is 12.0 Å². The summed E-state index contributed by atoms with van der Waals surface area (Å²) in [7, 11) is 0. The third kappa shape index (κ3) is 3.10. The SMILES string of the molecule is Cc1ccc(NC(=O)N2CC(O)CC2C(=O)O)cc1Br. The molecule has 0 saturated carbocycles. The number of nitrogens with one attached hydrogen (secondary N) is 1. The summed E-state index contributed by atoms with van der Waals surface area (Å²) < 4.78 is 0.853. The average molecular weight is 343 g/mol. The van der Waals surface area contributed by atoms with Crippen molar-refractivity contribution in [2.45, 2.75) is 25.5 Å². The number of hydrogen-bond donors (Lipinski definition) is 3.